The molecular formula is C15H18ClF3N4O2. The van der Waals surface area contributed by atoms with Gasteiger partial charge in [-0.05, 0) is 18.6 Å². The Balaban J connectivity index is 0.00000312. The molecular weight excluding hydrogens is 361 g/mol. The number of nitrogens with one attached hydrogen (secondary N) is 1. The number of carbonyl (C=O) groups excluding carboxylic acids is 1. The van der Waals surface area contributed by atoms with Crippen LogP contribution in [0.4, 0.5) is 13.2 Å². The summed E-state index contributed by atoms with van der Waals surface area (Å²) in [6, 6.07) is 4.52. The number of benzene rings is 1. The lowest BCUT2D eigenvalue weighted by atomic mass is 10.1. The van der Waals surface area contributed by atoms with Crippen molar-refractivity contribution in [2.45, 2.75) is 25.7 Å². The van der Waals surface area contributed by atoms with Crippen LogP contribution in [-0.2, 0) is 11.2 Å². The summed E-state index contributed by atoms with van der Waals surface area (Å²) in [7, 11) is 0. The fourth-order valence-electron chi connectivity index (χ4n) is 1.81. The standard InChI is InChI=1S/C15H17F3N4O2.ClH/c1-9-2-3-10(6-11(9)16)14-21-13(24-22-14)5-4-12(23)20-8-15(17,18)7-19;/h2-3,6H,4-5,7-8,19H2,1H3,(H,20,23);1H. The van der Waals surface area contributed by atoms with E-state index in [1.54, 1.807) is 19.1 Å². The summed E-state index contributed by atoms with van der Waals surface area (Å²) in [5, 5.41) is 5.80. The number of hydrogen-bond acceptors (Lipinski definition) is 5. The third-order valence-electron chi connectivity index (χ3n) is 3.31. The molecule has 2 rings (SSSR count). The van der Waals surface area contributed by atoms with E-state index in [0.717, 1.165) is 0 Å². The molecule has 2 aromatic rings. The van der Waals surface area contributed by atoms with Gasteiger partial charge in [0.25, 0.3) is 5.92 Å². The maximum atomic E-state index is 13.5. The number of alkyl halides is 2. The first-order chi connectivity index (χ1) is 11.3. The quantitative estimate of drug-likeness (QED) is 0.770. The van der Waals surface area contributed by atoms with Crippen molar-refractivity contribution in [1.29, 1.82) is 0 Å². The van der Waals surface area contributed by atoms with E-state index < -0.39 is 24.9 Å². The van der Waals surface area contributed by atoms with Crippen LogP contribution >= 0.6 is 12.4 Å². The van der Waals surface area contributed by atoms with Crippen molar-refractivity contribution in [3.05, 3.63) is 35.5 Å². The van der Waals surface area contributed by atoms with Crippen LogP contribution in [0.2, 0.25) is 0 Å². The lowest BCUT2D eigenvalue weighted by Gasteiger charge is -2.14. The largest absolute Gasteiger partial charge is 0.350 e. The first-order valence-electron chi connectivity index (χ1n) is 7.24. The SMILES string of the molecule is Cc1ccc(-c2noc(CCC(=O)NCC(F)(F)CN)n2)cc1F.Cl. The molecule has 1 heterocycles. The number of halogens is 4. The third-order valence-corrected chi connectivity index (χ3v) is 3.31. The molecule has 0 spiro atoms. The summed E-state index contributed by atoms with van der Waals surface area (Å²) in [6.07, 6.45) is -0.00802. The number of aromatic nitrogens is 2. The van der Waals surface area contributed by atoms with Crippen LogP contribution < -0.4 is 11.1 Å². The van der Waals surface area contributed by atoms with Crippen LogP contribution in [0.5, 0.6) is 0 Å². The van der Waals surface area contributed by atoms with Crippen molar-refractivity contribution in [2.75, 3.05) is 13.1 Å². The average molecular weight is 379 g/mol. The second-order valence-electron chi connectivity index (χ2n) is 5.31. The minimum Gasteiger partial charge on any atom is -0.350 e. The summed E-state index contributed by atoms with van der Waals surface area (Å²) in [4.78, 5) is 15.6. The summed E-state index contributed by atoms with van der Waals surface area (Å²) >= 11 is 0. The van der Waals surface area contributed by atoms with Crippen LogP contribution in [0.15, 0.2) is 22.7 Å². The maximum absolute atomic E-state index is 13.5. The monoisotopic (exact) mass is 378 g/mol. The van der Waals surface area contributed by atoms with Crippen LogP contribution in [0.25, 0.3) is 11.4 Å². The van der Waals surface area contributed by atoms with E-state index in [0.29, 0.717) is 11.1 Å². The van der Waals surface area contributed by atoms with Crippen LogP contribution in [-0.4, -0.2) is 35.1 Å². The lowest BCUT2D eigenvalue weighted by Crippen LogP contribution is -2.41. The molecule has 1 aromatic heterocycles. The predicted molar refractivity (Wildman–Crippen MR) is 87.0 cm³/mol. The van der Waals surface area contributed by atoms with Gasteiger partial charge in [-0.2, -0.15) is 4.98 Å². The van der Waals surface area contributed by atoms with E-state index in [4.69, 9.17) is 10.3 Å². The topological polar surface area (TPSA) is 94.0 Å². The Morgan fingerprint density at radius 1 is 1.40 bits per heavy atom. The van der Waals surface area contributed by atoms with Crippen LogP contribution in [0.3, 0.4) is 0 Å². The van der Waals surface area contributed by atoms with E-state index in [1.165, 1.54) is 6.07 Å². The third kappa shape index (κ3) is 6.02. The summed E-state index contributed by atoms with van der Waals surface area (Å²) < 4.78 is 44.3. The van der Waals surface area contributed by atoms with Crippen LogP contribution in [0, 0.1) is 12.7 Å². The molecule has 0 radical (unpaired) electrons. The summed E-state index contributed by atoms with van der Waals surface area (Å²) in [5.74, 6) is -3.75. The lowest BCUT2D eigenvalue weighted by molar-refractivity contribution is -0.122. The second kappa shape index (κ2) is 8.82. The first kappa shape index (κ1) is 20.9. The molecule has 0 saturated carbocycles. The zero-order chi connectivity index (χ0) is 17.7. The Hall–Kier alpha value is -2.13. The number of carbonyl (C=O) groups is 1. The van der Waals surface area contributed by atoms with Gasteiger partial charge >= 0.3 is 0 Å². The van der Waals surface area contributed by atoms with Crippen molar-refractivity contribution < 1.29 is 22.5 Å². The molecule has 0 aliphatic carbocycles. The maximum Gasteiger partial charge on any atom is 0.277 e. The van der Waals surface area contributed by atoms with Gasteiger partial charge in [0.1, 0.15) is 5.82 Å². The molecule has 25 heavy (non-hydrogen) atoms. The fourth-order valence-corrected chi connectivity index (χ4v) is 1.81. The normalized spacial score (nSPS) is 11.1. The Morgan fingerprint density at radius 2 is 2.12 bits per heavy atom. The molecule has 6 nitrogen and oxygen atoms in total. The van der Waals surface area contributed by atoms with Gasteiger partial charge in [0.15, 0.2) is 0 Å². The Bertz CT molecular complexity index is 725. The second-order valence-corrected chi connectivity index (χ2v) is 5.31. The molecule has 138 valence electrons. The van der Waals surface area contributed by atoms with Crippen molar-refractivity contribution in [1.82, 2.24) is 15.5 Å². The number of amides is 1. The van der Waals surface area contributed by atoms with E-state index in [-0.39, 0.29) is 42.8 Å². The molecule has 1 amide bonds. The number of nitrogens with two attached hydrogens (primary N) is 1. The van der Waals surface area contributed by atoms with E-state index in [1.807, 2.05) is 0 Å². The average Bonchev–Trinajstić information content (AvgIpc) is 3.02. The van der Waals surface area contributed by atoms with Crippen LogP contribution in [0.1, 0.15) is 17.9 Å². The molecule has 0 bridgehead atoms. The van der Waals surface area contributed by atoms with E-state index in [2.05, 4.69) is 15.5 Å². The molecule has 0 unspecified atom stereocenters. The van der Waals surface area contributed by atoms with E-state index >= 15 is 0 Å². The molecule has 0 aliphatic heterocycles. The number of nitrogens with zero attached hydrogens (tertiary/aromatic N) is 2. The van der Waals surface area contributed by atoms with Gasteiger partial charge in [0.2, 0.25) is 17.6 Å². The highest BCUT2D eigenvalue weighted by atomic mass is 35.5. The zero-order valence-electron chi connectivity index (χ0n) is 13.4. The molecule has 0 atom stereocenters. The highest BCUT2D eigenvalue weighted by Gasteiger charge is 2.27. The van der Waals surface area contributed by atoms with Gasteiger partial charge in [-0.15, -0.1) is 12.4 Å². The highest BCUT2D eigenvalue weighted by molar-refractivity contribution is 5.85. The Kier molecular flexibility index (Phi) is 7.38. The van der Waals surface area contributed by atoms with Gasteiger partial charge in [-0.25, -0.2) is 13.2 Å². The van der Waals surface area contributed by atoms with Crippen molar-refractivity contribution in [3.63, 3.8) is 0 Å². The molecule has 10 heteroatoms. The molecule has 1 aromatic carbocycles. The Labute approximate surface area is 148 Å². The van der Waals surface area contributed by atoms with Crippen molar-refractivity contribution >= 4 is 18.3 Å². The fraction of sp³-hybridized carbons (Fsp3) is 0.400. The minimum absolute atomic E-state index is 0. The smallest absolute Gasteiger partial charge is 0.277 e. The van der Waals surface area contributed by atoms with Gasteiger partial charge in [0.05, 0.1) is 13.1 Å². The number of rotatable bonds is 7. The molecule has 3 N–H and O–H groups in total. The number of hydrogen-bond donors (Lipinski definition) is 2. The molecule has 0 saturated heterocycles. The summed E-state index contributed by atoms with van der Waals surface area (Å²) in [5.41, 5.74) is 5.81. The number of aryl methyl sites for hydroxylation is 2. The van der Waals surface area contributed by atoms with Crippen molar-refractivity contribution in [3.8, 4) is 11.4 Å². The van der Waals surface area contributed by atoms with Gasteiger partial charge in [-0.1, -0.05) is 17.3 Å². The zero-order valence-corrected chi connectivity index (χ0v) is 14.2. The molecule has 0 fully saturated rings. The van der Waals surface area contributed by atoms with Gasteiger partial charge in [0, 0.05) is 18.4 Å². The van der Waals surface area contributed by atoms with Gasteiger partial charge in [-0.3, -0.25) is 4.79 Å². The highest BCUT2D eigenvalue weighted by Crippen LogP contribution is 2.19. The molecule has 0 aliphatic rings. The van der Waals surface area contributed by atoms with Gasteiger partial charge < -0.3 is 15.6 Å². The summed E-state index contributed by atoms with van der Waals surface area (Å²) in [6.45, 7) is -0.0267. The predicted octanol–water partition coefficient (Wildman–Crippen LogP) is 2.25. The first-order valence-corrected chi connectivity index (χ1v) is 7.24. The minimum atomic E-state index is -3.14. The van der Waals surface area contributed by atoms with Crippen molar-refractivity contribution in [2.24, 2.45) is 5.73 Å². The Morgan fingerprint density at radius 3 is 2.76 bits per heavy atom. The van der Waals surface area contributed by atoms with E-state index in [9.17, 15) is 18.0 Å².